The Bertz CT molecular complexity index is 55.3. The first kappa shape index (κ1) is 9.38. The van der Waals surface area contributed by atoms with Gasteiger partial charge < -0.3 is 0 Å². The van der Waals surface area contributed by atoms with Crippen LogP contribution in [-0.4, -0.2) is 4.03 Å². The maximum atomic E-state index is 8.67. The monoisotopic (exact) mass is 280 g/mol. The van der Waals surface area contributed by atoms with Crippen molar-refractivity contribution >= 4 is 0 Å². The summed E-state index contributed by atoms with van der Waals surface area (Å²) < 4.78 is 24.4. The number of rotatable bonds is 0. The van der Waals surface area contributed by atoms with Gasteiger partial charge in [0.1, 0.15) is 0 Å². The van der Waals surface area contributed by atoms with E-state index in [1.807, 2.05) is 0 Å². The van der Waals surface area contributed by atoms with Crippen LogP contribution in [0.3, 0.4) is 0 Å². The van der Waals surface area contributed by atoms with E-state index in [2.05, 4.69) is 0 Å². The second-order valence-corrected chi connectivity index (χ2v) is 0.981. The fraction of sp³-hybridized carbons (Fsp3) is 0. The summed E-state index contributed by atoms with van der Waals surface area (Å²) in [6.45, 7) is 0. The van der Waals surface area contributed by atoms with Gasteiger partial charge in [-0.3, -0.25) is 0 Å². The summed E-state index contributed by atoms with van der Waals surface area (Å²) >= 11 is -3.69. The molecule has 0 fully saturated rings. The van der Waals surface area contributed by atoms with Gasteiger partial charge in [0, 0.05) is 25.8 Å². The summed E-state index contributed by atoms with van der Waals surface area (Å²) in [4.78, 5) is 0. The Morgan fingerprint density at radius 1 is 1.40 bits per heavy atom. The summed E-state index contributed by atoms with van der Waals surface area (Å²) in [5, 5.41) is 0. The van der Waals surface area contributed by atoms with Crippen LogP contribution in [0.25, 0.3) is 0 Å². The molecule has 0 aliphatic heterocycles. The van der Waals surface area contributed by atoms with Crippen LogP contribution in [0.1, 0.15) is 0 Å². The van der Waals surface area contributed by atoms with E-state index in [0.717, 1.165) is 0 Å². The van der Waals surface area contributed by atoms with Gasteiger partial charge in [-0.05, 0) is 0 Å². The summed E-state index contributed by atoms with van der Waals surface area (Å²) in [7, 11) is 0. The molecule has 0 aromatic carbocycles. The SMILES string of the molecule is [Hf].[O]=[V](=[O])[OH]. The van der Waals surface area contributed by atoms with Crippen molar-refractivity contribution in [3.63, 3.8) is 0 Å². The summed E-state index contributed by atoms with van der Waals surface area (Å²) in [6, 6.07) is 0. The standard InChI is InChI=1S/Hf.H2O.2O.V/h;1H2;;;/q;;;;+1/p-1. The molecule has 0 unspecified atom stereocenters. The molecule has 0 saturated carbocycles. The minimum absolute atomic E-state index is 0. The second-order valence-electron chi connectivity index (χ2n) is 0.238. The average molecular weight is 278 g/mol. The molecule has 0 aliphatic rings. The minimum atomic E-state index is -3.69. The zero-order chi connectivity index (χ0) is 3.58. The Morgan fingerprint density at radius 2 is 1.40 bits per heavy atom. The van der Waals surface area contributed by atoms with Gasteiger partial charge in [-0.1, -0.05) is 0 Å². The molecule has 0 aliphatic carbocycles. The van der Waals surface area contributed by atoms with Crippen molar-refractivity contribution in [1.82, 2.24) is 0 Å². The summed E-state index contributed by atoms with van der Waals surface area (Å²) in [6.07, 6.45) is 0. The topological polar surface area (TPSA) is 54.4 Å². The van der Waals surface area contributed by atoms with Crippen molar-refractivity contribution in [3.05, 3.63) is 0 Å². The van der Waals surface area contributed by atoms with Crippen LogP contribution in [0.15, 0.2) is 0 Å². The third-order valence-electron chi connectivity index (χ3n) is 0. The van der Waals surface area contributed by atoms with Gasteiger partial charge in [0.15, 0.2) is 0 Å². The van der Waals surface area contributed by atoms with Crippen molar-refractivity contribution in [2.45, 2.75) is 0 Å². The molecule has 0 bridgehead atoms. The third kappa shape index (κ3) is 44.3. The van der Waals surface area contributed by atoms with E-state index in [4.69, 9.17) is 11.4 Å². The van der Waals surface area contributed by atoms with Crippen LogP contribution in [0.5, 0.6) is 0 Å². The molecule has 0 atom stereocenters. The molecular formula is HHfO3V. The molecule has 0 spiro atoms. The quantitative estimate of drug-likeness (QED) is 0.590. The predicted molar refractivity (Wildman–Crippen MR) is 3.59 cm³/mol. The van der Waals surface area contributed by atoms with E-state index in [1.54, 1.807) is 0 Å². The fourth-order valence-corrected chi connectivity index (χ4v) is 0. The molecule has 5 heteroatoms. The summed E-state index contributed by atoms with van der Waals surface area (Å²) in [5.74, 6) is 0. The first-order valence-corrected chi connectivity index (χ1v) is 2.33. The molecule has 0 heterocycles. The molecular weight excluding hydrogens is 277 g/mol. The Morgan fingerprint density at radius 3 is 1.40 bits per heavy atom. The first-order valence-electron chi connectivity index (χ1n) is 0.565. The van der Waals surface area contributed by atoms with Crippen molar-refractivity contribution in [2.24, 2.45) is 0 Å². The van der Waals surface area contributed by atoms with Crippen LogP contribution in [0, 0.1) is 0 Å². The number of hydrogen-bond acceptors (Lipinski definition) is 2. The van der Waals surface area contributed by atoms with E-state index in [-0.39, 0.29) is 25.8 Å². The molecule has 5 heavy (non-hydrogen) atoms. The Balaban J connectivity index is 0. The van der Waals surface area contributed by atoms with Crippen LogP contribution >= 0.6 is 0 Å². The number of hydrogen-bond donors (Lipinski definition) is 1. The Hall–Kier alpha value is 1.01. The average Bonchev–Trinajstić information content (AvgIpc) is 0.811. The molecule has 0 rings (SSSR count). The van der Waals surface area contributed by atoms with E-state index in [1.165, 1.54) is 0 Å². The van der Waals surface area contributed by atoms with Gasteiger partial charge in [-0.25, -0.2) is 0 Å². The Kier molecular flexibility index (Phi) is 9.41. The third-order valence-corrected chi connectivity index (χ3v) is 0. The van der Waals surface area contributed by atoms with E-state index in [9.17, 15) is 0 Å². The fourth-order valence-electron chi connectivity index (χ4n) is 0. The van der Waals surface area contributed by atoms with E-state index >= 15 is 0 Å². The zero-order valence-electron chi connectivity index (χ0n) is 2.21. The van der Waals surface area contributed by atoms with Crippen LogP contribution in [-0.2, 0) is 48.6 Å². The predicted octanol–water partition coefficient (Wildman–Crippen LogP) is -0.800. The van der Waals surface area contributed by atoms with Crippen LogP contribution in [0.2, 0.25) is 0 Å². The molecule has 0 aromatic heterocycles. The van der Waals surface area contributed by atoms with Gasteiger partial charge in [-0.2, -0.15) is 0 Å². The molecule has 1 N–H and O–H groups in total. The normalized spacial score (nSPS) is 5.00. The molecule has 28 valence electrons. The first-order chi connectivity index (χ1) is 1.73. The van der Waals surface area contributed by atoms with E-state index in [0.29, 0.717) is 0 Å². The van der Waals surface area contributed by atoms with Crippen molar-refractivity contribution in [1.29, 1.82) is 0 Å². The summed E-state index contributed by atoms with van der Waals surface area (Å²) in [5.41, 5.74) is 0. The van der Waals surface area contributed by atoms with Crippen LogP contribution in [0.4, 0.5) is 0 Å². The van der Waals surface area contributed by atoms with Gasteiger partial charge in [0.25, 0.3) is 0 Å². The van der Waals surface area contributed by atoms with Crippen LogP contribution < -0.4 is 0 Å². The zero-order valence-corrected chi connectivity index (χ0v) is 7.20. The van der Waals surface area contributed by atoms with Gasteiger partial charge >= 0.3 is 26.8 Å². The van der Waals surface area contributed by atoms with Gasteiger partial charge in [-0.15, -0.1) is 0 Å². The molecule has 0 radical (unpaired) electrons. The van der Waals surface area contributed by atoms with Gasteiger partial charge in [0.2, 0.25) is 0 Å². The van der Waals surface area contributed by atoms with E-state index < -0.39 is 15.4 Å². The maximum absolute atomic E-state index is 8.67. The molecule has 0 amide bonds. The van der Waals surface area contributed by atoms with Crippen molar-refractivity contribution in [2.75, 3.05) is 0 Å². The molecule has 3 nitrogen and oxygen atoms in total. The van der Waals surface area contributed by atoms with Crippen molar-refractivity contribution in [3.8, 4) is 0 Å². The van der Waals surface area contributed by atoms with Crippen molar-refractivity contribution < 1.29 is 52.6 Å². The second kappa shape index (κ2) is 5.01. The molecule has 0 saturated heterocycles. The van der Waals surface area contributed by atoms with Gasteiger partial charge in [0.05, 0.1) is 0 Å². The molecule has 0 aromatic rings. The Labute approximate surface area is 52.5 Å².